The summed E-state index contributed by atoms with van der Waals surface area (Å²) in [6.07, 6.45) is -0.521. The van der Waals surface area contributed by atoms with Crippen LogP contribution in [0.2, 0.25) is 0 Å². The zero-order valence-electron chi connectivity index (χ0n) is 10.3. The summed E-state index contributed by atoms with van der Waals surface area (Å²) in [7, 11) is 0. The molecule has 1 amide bonds. The highest BCUT2D eigenvalue weighted by atomic mass is 32.2. The van der Waals surface area contributed by atoms with Crippen molar-refractivity contribution in [1.29, 1.82) is 0 Å². The van der Waals surface area contributed by atoms with Gasteiger partial charge in [-0.05, 0) is 20.8 Å². The molecule has 7 heteroatoms. The van der Waals surface area contributed by atoms with Crippen LogP contribution in [0.15, 0.2) is 0 Å². The van der Waals surface area contributed by atoms with E-state index in [1.807, 2.05) is 13.8 Å². The van der Waals surface area contributed by atoms with E-state index in [0.717, 1.165) is 0 Å². The van der Waals surface area contributed by atoms with Gasteiger partial charge in [-0.25, -0.2) is 4.79 Å². The number of nitrogens with zero attached hydrogens (tertiary/aromatic N) is 1. The van der Waals surface area contributed by atoms with Crippen molar-refractivity contribution in [3.8, 4) is 0 Å². The van der Waals surface area contributed by atoms with E-state index in [4.69, 9.17) is 4.74 Å². The van der Waals surface area contributed by atoms with Crippen LogP contribution in [-0.2, 0) is 19.1 Å². The summed E-state index contributed by atoms with van der Waals surface area (Å²) in [5.74, 6) is -1.69. The molecule has 0 aromatic heterocycles. The first-order valence-corrected chi connectivity index (χ1v) is 6.51. The highest BCUT2D eigenvalue weighted by Gasteiger charge is 2.65. The lowest BCUT2D eigenvalue weighted by molar-refractivity contribution is -0.171. The van der Waals surface area contributed by atoms with E-state index < -0.39 is 28.8 Å². The fourth-order valence-corrected chi connectivity index (χ4v) is 4.44. The van der Waals surface area contributed by atoms with Gasteiger partial charge < -0.3 is 14.7 Å². The third kappa shape index (κ3) is 1.68. The van der Waals surface area contributed by atoms with Gasteiger partial charge in [-0.3, -0.25) is 9.59 Å². The molecule has 0 radical (unpaired) electrons. The van der Waals surface area contributed by atoms with Gasteiger partial charge in [-0.15, -0.1) is 11.8 Å². The minimum absolute atomic E-state index is 0.219. The van der Waals surface area contributed by atoms with Gasteiger partial charge in [0.15, 0.2) is 0 Å². The number of carbonyl (C=O) groups is 3. The average molecular weight is 273 g/mol. The number of carboxylic acids is 1. The number of carboxylic acid groups (broad SMARTS) is 1. The van der Waals surface area contributed by atoms with Crippen molar-refractivity contribution >= 4 is 30.1 Å². The Morgan fingerprint density at radius 2 is 2.22 bits per heavy atom. The third-order valence-corrected chi connectivity index (χ3v) is 5.08. The lowest BCUT2D eigenvalue weighted by atomic mass is 9.88. The SMILES string of the molecule is CC(OC=O)C1C(=O)N2[C@@H]1SC(C)(C)[C@@H]2C(=O)O. The van der Waals surface area contributed by atoms with E-state index in [2.05, 4.69) is 0 Å². The van der Waals surface area contributed by atoms with E-state index >= 15 is 0 Å². The quantitative estimate of drug-likeness (QED) is 0.586. The maximum absolute atomic E-state index is 12.0. The summed E-state index contributed by atoms with van der Waals surface area (Å²) in [6.45, 7) is 5.59. The summed E-state index contributed by atoms with van der Waals surface area (Å²) < 4.78 is 4.26. The van der Waals surface area contributed by atoms with E-state index in [9.17, 15) is 19.5 Å². The molecule has 2 rings (SSSR count). The Hall–Kier alpha value is -1.24. The summed E-state index contributed by atoms with van der Waals surface area (Å²) in [5.41, 5.74) is 0. The highest BCUT2D eigenvalue weighted by Crippen LogP contribution is 2.54. The molecule has 0 saturated carbocycles. The third-order valence-electron chi connectivity index (χ3n) is 3.49. The Balaban J connectivity index is 2.21. The number of hydrogen-bond acceptors (Lipinski definition) is 5. The smallest absolute Gasteiger partial charge is 0.327 e. The standard InChI is InChI=1S/C11H15NO5S/c1-5(17-4-13)6-8(14)12-7(10(15)16)11(2,3)18-9(6)12/h4-7,9H,1-3H3,(H,15,16)/t5?,6?,7-,9+/m0/s1. The van der Waals surface area contributed by atoms with Gasteiger partial charge in [0.25, 0.3) is 6.47 Å². The number of hydrogen-bond donors (Lipinski definition) is 1. The molecular formula is C11H15NO5S. The molecule has 0 aromatic carbocycles. The topological polar surface area (TPSA) is 83.9 Å². The Bertz CT molecular complexity index is 410. The summed E-state index contributed by atoms with van der Waals surface area (Å²) in [6, 6.07) is -0.820. The zero-order chi connectivity index (χ0) is 13.7. The Kier molecular flexibility index (Phi) is 3.04. The normalized spacial score (nSPS) is 34.5. The number of fused-ring (bicyclic) bond motifs is 1. The number of amides is 1. The van der Waals surface area contributed by atoms with Crippen molar-refractivity contribution in [2.75, 3.05) is 0 Å². The monoisotopic (exact) mass is 273 g/mol. The predicted molar refractivity (Wildman–Crippen MR) is 63.8 cm³/mol. The van der Waals surface area contributed by atoms with Crippen molar-refractivity contribution in [3.63, 3.8) is 0 Å². The molecule has 2 saturated heterocycles. The molecule has 100 valence electrons. The van der Waals surface area contributed by atoms with E-state index in [-0.39, 0.29) is 11.3 Å². The molecule has 2 aliphatic rings. The molecule has 6 nitrogen and oxygen atoms in total. The fraction of sp³-hybridized carbons (Fsp3) is 0.727. The van der Waals surface area contributed by atoms with E-state index in [1.165, 1.54) is 16.7 Å². The number of β-lactam (4-membered cyclic amide) rings is 1. The maximum atomic E-state index is 12.0. The zero-order valence-corrected chi connectivity index (χ0v) is 11.1. The van der Waals surface area contributed by atoms with Crippen molar-refractivity contribution in [2.45, 2.75) is 43.0 Å². The lowest BCUT2D eigenvalue weighted by Crippen LogP contribution is -2.65. The van der Waals surface area contributed by atoms with E-state index in [0.29, 0.717) is 6.47 Å². The molecular weight excluding hydrogens is 258 g/mol. The molecule has 0 aromatic rings. The Morgan fingerprint density at radius 1 is 1.61 bits per heavy atom. The predicted octanol–water partition coefficient (Wildman–Crippen LogP) is 0.311. The molecule has 2 aliphatic heterocycles. The van der Waals surface area contributed by atoms with Crippen molar-refractivity contribution < 1.29 is 24.2 Å². The molecule has 2 fully saturated rings. The van der Waals surface area contributed by atoms with Crippen LogP contribution in [-0.4, -0.2) is 50.6 Å². The van der Waals surface area contributed by atoms with Gasteiger partial charge >= 0.3 is 5.97 Å². The summed E-state index contributed by atoms with van der Waals surface area (Å²) >= 11 is 1.45. The number of ether oxygens (including phenoxy) is 1. The second kappa shape index (κ2) is 4.15. The Morgan fingerprint density at radius 3 is 2.72 bits per heavy atom. The van der Waals surface area contributed by atoms with Gasteiger partial charge in [-0.2, -0.15) is 0 Å². The maximum Gasteiger partial charge on any atom is 0.327 e. The number of thioether (sulfide) groups is 1. The molecule has 4 atom stereocenters. The van der Waals surface area contributed by atoms with Crippen LogP contribution >= 0.6 is 11.8 Å². The van der Waals surface area contributed by atoms with Gasteiger partial charge in [0, 0.05) is 4.75 Å². The second-order valence-electron chi connectivity index (χ2n) is 5.06. The first-order valence-electron chi connectivity index (χ1n) is 5.63. The minimum atomic E-state index is -0.995. The van der Waals surface area contributed by atoms with E-state index in [1.54, 1.807) is 6.92 Å². The van der Waals surface area contributed by atoms with Gasteiger partial charge in [0.1, 0.15) is 18.1 Å². The number of carbonyl (C=O) groups excluding carboxylic acids is 2. The molecule has 18 heavy (non-hydrogen) atoms. The van der Waals surface area contributed by atoms with Gasteiger partial charge in [0.05, 0.1) is 5.37 Å². The van der Waals surface area contributed by atoms with Gasteiger partial charge in [-0.1, -0.05) is 0 Å². The van der Waals surface area contributed by atoms with Crippen molar-refractivity contribution in [2.24, 2.45) is 5.92 Å². The first-order chi connectivity index (χ1) is 8.31. The lowest BCUT2D eigenvalue weighted by Gasteiger charge is -2.45. The van der Waals surface area contributed by atoms with Crippen LogP contribution in [0, 0.1) is 5.92 Å². The number of aliphatic carboxylic acids is 1. The summed E-state index contributed by atoms with van der Waals surface area (Å²) in [4.78, 5) is 35.0. The summed E-state index contributed by atoms with van der Waals surface area (Å²) in [5, 5.41) is 9.00. The fourth-order valence-electron chi connectivity index (χ4n) is 2.65. The van der Waals surface area contributed by atoms with Crippen LogP contribution in [0.25, 0.3) is 0 Å². The second-order valence-corrected chi connectivity index (χ2v) is 6.83. The van der Waals surface area contributed by atoms with Crippen LogP contribution in [0.3, 0.4) is 0 Å². The molecule has 0 bridgehead atoms. The molecule has 2 unspecified atom stereocenters. The van der Waals surface area contributed by atoms with Crippen LogP contribution < -0.4 is 0 Å². The van der Waals surface area contributed by atoms with Crippen LogP contribution in [0.5, 0.6) is 0 Å². The highest BCUT2D eigenvalue weighted by molar-refractivity contribution is 8.01. The van der Waals surface area contributed by atoms with Crippen molar-refractivity contribution in [3.05, 3.63) is 0 Å². The molecule has 0 aliphatic carbocycles. The average Bonchev–Trinajstić information content (AvgIpc) is 2.47. The van der Waals surface area contributed by atoms with Crippen LogP contribution in [0.4, 0.5) is 0 Å². The first kappa shape index (κ1) is 13.2. The molecule has 1 N–H and O–H groups in total. The largest absolute Gasteiger partial charge is 0.480 e. The van der Waals surface area contributed by atoms with Crippen LogP contribution in [0.1, 0.15) is 20.8 Å². The minimum Gasteiger partial charge on any atom is -0.480 e. The molecule has 0 spiro atoms. The van der Waals surface area contributed by atoms with Gasteiger partial charge in [0.2, 0.25) is 5.91 Å². The van der Waals surface area contributed by atoms with Crippen molar-refractivity contribution in [1.82, 2.24) is 4.90 Å². The Labute approximate surface area is 109 Å². The molecule has 2 heterocycles. The number of rotatable bonds is 4.